The SMILES string of the molecule is NC/C=C/CNC(=O)c1ccsc1. The monoisotopic (exact) mass is 196 g/mol. The average Bonchev–Trinajstić information content (AvgIpc) is 2.65. The van der Waals surface area contributed by atoms with Crippen LogP contribution in [-0.2, 0) is 0 Å². The lowest BCUT2D eigenvalue weighted by atomic mass is 10.3. The molecule has 1 aromatic rings. The molecule has 0 spiro atoms. The molecule has 0 aliphatic carbocycles. The van der Waals surface area contributed by atoms with Crippen LogP contribution in [0.1, 0.15) is 10.4 Å². The molecule has 0 aliphatic rings. The van der Waals surface area contributed by atoms with Crippen molar-refractivity contribution in [3.05, 3.63) is 34.5 Å². The maximum absolute atomic E-state index is 11.3. The third kappa shape index (κ3) is 3.40. The van der Waals surface area contributed by atoms with Gasteiger partial charge in [-0.3, -0.25) is 4.79 Å². The minimum Gasteiger partial charge on any atom is -0.349 e. The molecule has 0 saturated heterocycles. The predicted octanol–water partition coefficient (Wildman–Crippen LogP) is 0.993. The maximum Gasteiger partial charge on any atom is 0.252 e. The van der Waals surface area contributed by atoms with Gasteiger partial charge in [0.1, 0.15) is 0 Å². The van der Waals surface area contributed by atoms with Crippen LogP contribution in [0.4, 0.5) is 0 Å². The van der Waals surface area contributed by atoms with E-state index in [-0.39, 0.29) is 5.91 Å². The Morgan fingerprint density at radius 2 is 2.46 bits per heavy atom. The van der Waals surface area contributed by atoms with Gasteiger partial charge < -0.3 is 11.1 Å². The molecule has 0 saturated carbocycles. The highest BCUT2D eigenvalue weighted by Crippen LogP contribution is 2.04. The molecule has 13 heavy (non-hydrogen) atoms. The Balaban J connectivity index is 2.31. The van der Waals surface area contributed by atoms with E-state index in [1.165, 1.54) is 11.3 Å². The summed E-state index contributed by atoms with van der Waals surface area (Å²) in [6.07, 6.45) is 3.65. The van der Waals surface area contributed by atoms with E-state index in [0.717, 1.165) is 0 Å². The molecule has 0 aliphatic heterocycles. The topological polar surface area (TPSA) is 55.1 Å². The van der Waals surface area contributed by atoms with Gasteiger partial charge in [-0.05, 0) is 11.4 Å². The third-order valence-electron chi connectivity index (χ3n) is 1.47. The number of carbonyl (C=O) groups excluding carboxylic acids is 1. The van der Waals surface area contributed by atoms with Crippen LogP contribution in [0, 0.1) is 0 Å². The van der Waals surface area contributed by atoms with Crippen molar-refractivity contribution in [1.29, 1.82) is 0 Å². The zero-order valence-corrected chi connectivity index (χ0v) is 8.01. The van der Waals surface area contributed by atoms with Gasteiger partial charge in [0.25, 0.3) is 5.91 Å². The summed E-state index contributed by atoms with van der Waals surface area (Å²) in [6.45, 7) is 1.04. The number of hydrogen-bond donors (Lipinski definition) is 2. The van der Waals surface area contributed by atoms with Crippen LogP contribution in [-0.4, -0.2) is 19.0 Å². The average molecular weight is 196 g/mol. The standard InChI is InChI=1S/C9H12N2OS/c10-4-1-2-5-11-9(12)8-3-6-13-7-8/h1-3,6-7H,4-5,10H2,(H,11,12)/b2-1+. The molecule has 1 heterocycles. The van der Waals surface area contributed by atoms with Crippen molar-refractivity contribution in [2.75, 3.05) is 13.1 Å². The summed E-state index contributed by atoms with van der Waals surface area (Å²) in [5.74, 6) is -0.0390. The summed E-state index contributed by atoms with van der Waals surface area (Å²) in [5.41, 5.74) is 5.96. The zero-order chi connectivity index (χ0) is 9.52. The van der Waals surface area contributed by atoms with Gasteiger partial charge in [-0.1, -0.05) is 12.2 Å². The highest BCUT2D eigenvalue weighted by atomic mass is 32.1. The summed E-state index contributed by atoms with van der Waals surface area (Å²) in [6, 6.07) is 1.80. The van der Waals surface area contributed by atoms with Gasteiger partial charge in [0.2, 0.25) is 0 Å². The molecule has 70 valence electrons. The molecule has 0 bridgehead atoms. The molecule has 0 fully saturated rings. The summed E-state index contributed by atoms with van der Waals surface area (Å²) in [7, 11) is 0. The first-order valence-corrected chi connectivity index (χ1v) is 4.94. The minimum absolute atomic E-state index is 0.0390. The number of carbonyl (C=O) groups is 1. The van der Waals surface area contributed by atoms with Crippen LogP contribution in [0.5, 0.6) is 0 Å². The first-order valence-electron chi connectivity index (χ1n) is 4.00. The van der Waals surface area contributed by atoms with Gasteiger partial charge in [0.15, 0.2) is 0 Å². The van der Waals surface area contributed by atoms with E-state index in [4.69, 9.17) is 5.73 Å². The molecule has 3 N–H and O–H groups in total. The van der Waals surface area contributed by atoms with Crippen molar-refractivity contribution in [2.45, 2.75) is 0 Å². The molecule has 0 atom stereocenters. The predicted molar refractivity (Wildman–Crippen MR) is 54.8 cm³/mol. The molecule has 0 unspecified atom stereocenters. The second kappa shape index (κ2) is 5.50. The molecule has 1 rings (SSSR count). The lowest BCUT2D eigenvalue weighted by molar-refractivity contribution is 0.0958. The third-order valence-corrected chi connectivity index (χ3v) is 2.15. The quantitative estimate of drug-likeness (QED) is 0.706. The van der Waals surface area contributed by atoms with Crippen molar-refractivity contribution in [2.24, 2.45) is 5.73 Å². The van der Waals surface area contributed by atoms with E-state index in [1.54, 1.807) is 6.07 Å². The lowest BCUT2D eigenvalue weighted by Crippen LogP contribution is -2.22. The smallest absolute Gasteiger partial charge is 0.252 e. The highest BCUT2D eigenvalue weighted by Gasteiger charge is 2.02. The van der Waals surface area contributed by atoms with Crippen molar-refractivity contribution < 1.29 is 4.79 Å². The highest BCUT2D eigenvalue weighted by molar-refractivity contribution is 7.08. The van der Waals surface area contributed by atoms with E-state index in [2.05, 4.69) is 5.32 Å². The maximum atomic E-state index is 11.3. The number of amides is 1. The van der Waals surface area contributed by atoms with Crippen LogP contribution in [0.25, 0.3) is 0 Å². The van der Waals surface area contributed by atoms with Crippen LogP contribution in [0.2, 0.25) is 0 Å². The van der Waals surface area contributed by atoms with E-state index in [0.29, 0.717) is 18.7 Å². The zero-order valence-electron chi connectivity index (χ0n) is 7.19. The van der Waals surface area contributed by atoms with E-state index < -0.39 is 0 Å². The number of nitrogens with one attached hydrogen (secondary N) is 1. The first kappa shape index (κ1) is 9.95. The number of thiophene rings is 1. The Morgan fingerprint density at radius 1 is 1.62 bits per heavy atom. The molecule has 1 aromatic heterocycles. The minimum atomic E-state index is -0.0390. The van der Waals surface area contributed by atoms with E-state index >= 15 is 0 Å². The van der Waals surface area contributed by atoms with Crippen LogP contribution >= 0.6 is 11.3 Å². The molecule has 3 nitrogen and oxygen atoms in total. The lowest BCUT2D eigenvalue weighted by Gasteiger charge is -1.98. The summed E-state index contributed by atoms with van der Waals surface area (Å²) in [4.78, 5) is 11.3. The molecule has 4 heteroatoms. The number of hydrogen-bond acceptors (Lipinski definition) is 3. The van der Waals surface area contributed by atoms with Gasteiger partial charge in [-0.25, -0.2) is 0 Å². The van der Waals surface area contributed by atoms with Crippen molar-refractivity contribution in [3.63, 3.8) is 0 Å². The largest absolute Gasteiger partial charge is 0.349 e. The van der Waals surface area contributed by atoms with Crippen LogP contribution in [0.3, 0.4) is 0 Å². The first-order chi connectivity index (χ1) is 6.34. The van der Waals surface area contributed by atoms with Gasteiger partial charge in [0, 0.05) is 24.0 Å². The van der Waals surface area contributed by atoms with Crippen molar-refractivity contribution in [3.8, 4) is 0 Å². The van der Waals surface area contributed by atoms with Gasteiger partial charge in [-0.2, -0.15) is 11.3 Å². The fourth-order valence-electron chi connectivity index (χ4n) is 0.827. The normalized spacial score (nSPS) is 10.5. The van der Waals surface area contributed by atoms with Crippen molar-refractivity contribution in [1.82, 2.24) is 5.32 Å². The molecule has 0 aromatic carbocycles. The molecular weight excluding hydrogens is 184 g/mol. The van der Waals surface area contributed by atoms with Gasteiger partial charge in [-0.15, -0.1) is 0 Å². The Hall–Kier alpha value is -1.13. The Bertz CT molecular complexity index is 280. The second-order valence-corrected chi connectivity index (χ2v) is 3.21. The van der Waals surface area contributed by atoms with Crippen LogP contribution in [0.15, 0.2) is 29.0 Å². The second-order valence-electron chi connectivity index (χ2n) is 2.43. The summed E-state index contributed by atoms with van der Waals surface area (Å²) in [5, 5.41) is 6.45. The fraction of sp³-hybridized carbons (Fsp3) is 0.222. The van der Waals surface area contributed by atoms with Crippen LogP contribution < -0.4 is 11.1 Å². The summed E-state index contributed by atoms with van der Waals surface area (Å²) < 4.78 is 0. The Labute approximate surface area is 81.3 Å². The molecular formula is C9H12N2OS. The Morgan fingerprint density at radius 3 is 3.08 bits per heavy atom. The van der Waals surface area contributed by atoms with Gasteiger partial charge in [0.05, 0.1) is 0 Å². The number of rotatable bonds is 4. The van der Waals surface area contributed by atoms with Crippen molar-refractivity contribution >= 4 is 17.2 Å². The summed E-state index contributed by atoms with van der Waals surface area (Å²) >= 11 is 1.51. The molecule has 0 radical (unpaired) electrons. The number of nitrogens with two attached hydrogens (primary N) is 1. The van der Waals surface area contributed by atoms with Gasteiger partial charge >= 0.3 is 0 Å². The Kier molecular flexibility index (Phi) is 4.21. The fourth-order valence-corrected chi connectivity index (χ4v) is 1.46. The van der Waals surface area contributed by atoms with E-state index in [9.17, 15) is 4.79 Å². The molecule has 1 amide bonds. The van der Waals surface area contributed by atoms with E-state index in [1.807, 2.05) is 22.9 Å².